The number of rotatable bonds is 8. The first kappa shape index (κ1) is 24.7. The first-order valence-corrected chi connectivity index (χ1v) is 12.3. The summed E-state index contributed by atoms with van der Waals surface area (Å²) in [7, 11) is 1.90. The number of benzene rings is 2. The zero-order valence-corrected chi connectivity index (χ0v) is 20.4. The van der Waals surface area contributed by atoms with E-state index in [9.17, 15) is 18.0 Å². The number of likely N-dealkylation sites (N-methyl/N-ethyl adjacent to an activating group) is 1. The summed E-state index contributed by atoms with van der Waals surface area (Å²) in [6, 6.07) is 12.3. The number of carbonyl (C=O) groups excluding carboxylic acids is 2. The number of aryl methyl sites for hydroxylation is 1. The first-order chi connectivity index (χ1) is 15.6. The van der Waals surface area contributed by atoms with Crippen LogP contribution in [0.1, 0.15) is 34.3 Å². The van der Waals surface area contributed by atoms with Crippen LogP contribution in [0, 0.1) is 6.92 Å². The fourth-order valence-corrected chi connectivity index (χ4v) is 5.18. The Kier molecular flexibility index (Phi) is 7.76. The van der Waals surface area contributed by atoms with Gasteiger partial charge in [0.25, 0.3) is 5.91 Å². The number of esters is 1. The lowest BCUT2D eigenvalue weighted by atomic mass is 10.1. The van der Waals surface area contributed by atoms with E-state index in [0.717, 1.165) is 24.1 Å². The van der Waals surface area contributed by atoms with Gasteiger partial charge in [0.05, 0.1) is 10.5 Å². The molecule has 0 saturated carbocycles. The monoisotopic (exact) mass is 473 g/mol. The Labute approximate surface area is 195 Å². The van der Waals surface area contributed by atoms with Crippen molar-refractivity contribution in [3.05, 3.63) is 59.2 Å². The number of amides is 1. The van der Waals surface area contributed by atoms with E-state index in [1.54, 1.807) is 20.0 Å². The molecular formula is C24H31N3O5S. The number of nitrogens with zero attached hydrogens (tertiary/aromatic N) is 3. The standard InChI is InChI=1S/C24H31N3O5S/c1-18-7-12-21(33(30,31)27-13-5-6-14-27)15-22(18)24(29)32-17-23(28)26(4)16-19-8-10-20(11-9-19)25(2)3/h7-12,15H,5-6,13-14,16-17H2,1-4H3. The molecule has 1 aliphatic rings. The van der Waals surface area contributed by atoms with Crippen molar-refractivity contribution in [2.75, 3.05) is 45.7 Å². The zero-order chi connectivity index (χ0) is 24.2. The first-order valence-electron chi connectivity index (χ1n) is 10.9. The molecule has 0 radical (unpaired) electrons. The Morgan fingerprint density at radius 3 is 2.24 bits per heavy atom. The van der Waals surface area contributed by atoms with Crippen LogP contribution in [0.15, 0.2) is 47.4 Å². The second-order valence-electron chi connectivity index (χ2n) is 8.47. The normalized spacial score (nSPS) is 14.2. The minimum absolute atomic E-state index is 0.0616. The van der Waals surface area contributed by atoms with Crippen LogP contribution in [0.3, 0.4) is 0 Å². The van der Waals surface area contributed by atoms with Crippen molar-refractivity contribution in [3.63, 3.8) is 0 Å². The van der Waals surface area contributed by atoms with Gasteiger partial charge in [0.2, 0.25) is 10.0 Å². The van der Waals surface area contributed by atoms with Gasteiger partial charge in [0, 0.05) is 46.5 Å². The third-order valence-corrected chi connectivity index (χ3v) is 7.65. The highest BCUT2D eigenvalue weighted by Gasteiger charge is 2.28. The van der Waals surface area contributed by atoms with Crippen molar-refractivity contribution in [3.8, 4) is 0 Å². The molecule has 1 amide bonds. The SMILES string of the molecule is Cc1ccc(S(=O)(=O)N2CCCC2)cc1C(=O)OCC(=O)N(C)Cc1ccc(N(C)C)cc1. The second-order valence-corrected chi connectivity index (χ2v) is 10.4. The summed E-state index contributed by atoms with van der Waals surface area (Å²) < 4.78 is 32.3. The van der Waals surface area contributed by atoms with E-state index in [4.69, 9.17) is 4.74 Å². The number of anilines is 1. The van der Waals surface area contributed by atoms with Crippen LogP contribution in [0.25, 0.3) is 0 Å². The fourth-order valence-electron chi connectivity index (χ4n) is 3.64. The maximum atomic E-state index is 12.8. The third-order valence-electron chi connectivity index (χ3n) is 5.76. The van der Waals surface area contributed by atoms with Gasteiger partial charge in [-0.1, -0.05) is 18.2 Å². The van der Waals surface area contributed by atoms with Crippen molar-refractivity contribution in [2.45, 2.75) is 31.2 Å². The van der Waals surface area contributed by atoms with Crippen molar-refractivity contribution < 1.29 is 22.7 Å². The zero-order valence-electron chi connectivity index (χ0n) is 19.6. The van der Waals surface area contributed by atoms with E-state index < -0.39 is 22.6 Å². The number of carbonyl (C=O) groups is 2. The molecule has 9 heteroatoms. The Hall–Kier alpha value is -2.91. The molecule has 0 spiro atoms. The predicted molar refractivity (Wildman–Crippen MR) is 127 cm³/mol. The summed E-state index contributed by atoms with van der Waals surface area (Å²) in [4.78, 5) is 28.7. The molecule has 0 bridgehead atoms. The van der Waals surface area contributed by atoms with Crippen LogP contribution in [0.2, 0.25) is 0 Å². The quantitative estimate of drug-likeness (QED) is 0.548. The maximum absolute atomic E-state index is 12.8. The molecule has 0 atom stereocenters. The van der Waals surface area contributed by atoms with Crippen LogP contribution < -0.4 is 4.90 Å². The summed E-state index contributed by atoms with van der Waals surface area (Å²) in [6.45, 7) is 2.62. The van der Waals surface area contributed by atoms with Crippen LogP contribution in [0.4, 0.5) is 5.69 Å². The minimum atomic E-state index is -3.65. The molecule has 0 aliphatic carbocycles. The lowest BCUT2D eigenvalue weighted by Gasteiger charge is -2.19. The van der Waals surface area contributed by atoms with E-state index in [-0.39, 0.29) is 16.4 Å². The molecule has 0 aromatic heterocycles. The highest BCUT2D eigenvalue weighted by atomic mass is 32.2. The van der Waals surface area contributed by atoms with Crippen LogP contribution >= 0.6 is 0 Å². The number of hydrogen-bond acceptors (Lipinski definition) is 6. The molecule has 33 heavy (non-hydrogen) atoms. The second kappa shape index (κ2) is 10.4. The van der Waals surface area contributed by atoms with Gasteiger partial charge in [-0.3, -0.25) is 4.79 Å². The van der Waals surface area contributed by atoms with Crippen LogP contribution in [-0.4, -0.2) is 70.3 Å². The summed E-state index contributed by atoms with van der Waals surface area (Å²) in [6.07, 6.45) is 1.66. The van der Waals surface area contributed by atoms with Gasteiger partial charge in [-0.25, -0.2) is 13.2 Å². The van der Waals surface area contributed by atoms with Crippen molar-refractivity contribution in [2.24, 2.45) is 0 Å². The molecule has 178 valence electrons. The van der Waals surface area contributed by atoms with Gasteiger partial charge in [0.15, 0.2) is 6.61 Å². The van der Waals surface area contributed by atoms with E-state index in [1.165, 1.54) is 21.3 Å². The maximum Gasteiger partial charge on any atom is 0.338 e. The molecule has 3 rings (SSSR count). The number of ether oxygens (including phenoxy) is 1. The molecule has 0 N–H and O–H groups in total. The Bertz CT molecular complexity index is 1110. The molecule has 1 aliphatic heterocycles. The van der Waals surface area contributed by atoms with Gasteiger partial charge in [-0.15, -0.1) is 0 Å². The Morgan fingerprint density at radius 1 is 1.00 bits per heavy atom. The fraction of sp³-hybridized carbons (Fsp3) is 0.417. The van der Waals surface area contributed by atoms with Crippen molar-refractivity contribution in [1.29, 1.82) is 0 Å². The number of hydrogen-bond donors (Lipinski definition) is 0. The molecular weight excluding hydrogens is 442 g/mol. The molecule has 1 saturated heterocycles. The van der Waals surface area contributed by atoms with Crippen LogP contribution in [-0.2, 0) is 26.1 Å². The van der Waals surface area contributed by atoms with E-state index in [0.29, 0.717) is 25.2 Å². The Balaban J connectivity index is 1.62. The summed E-state index contributed by atoms with van der Waals surface area (Å²) in [5.41, 5.74) is 2.75. The van der Waals surface area contributed by atoms with Crippen molar-refractivity contribution in [1.82, 2.24) is 9.21 Å². The Morgan fingerprint density at radius 2 is 1.64 bits per heavy atom. The van der Waals surface area contributed by atoms with Crippen molar-refractivity contribution >= 4 is 27.6 Å². The van der Waals surface area contributed by atoms with Gasteiger partial charge < -0.3 is 14.5 Å². The highest BCUT2D eigenvalue weighted by molar-refractivity contribution is 7.89. The van der Waals surface area contributed by atoms with Gasteiger partial charge in [0.1, 0.15) is 0 Å². The molecule has 2 aromatic rings. The van der Waals surface area contributed by atoms with Gasteiger partial charge >= 0.3 is 5.97 Å². The summed E-state index contributed by atoms with van der Waals surface area (Å²) in [5.74, 6) is -1.07. The average molecular weight is 474 g/mol. The molecule has 0 unspecified atom stereocenters. The molecule has 1 heterocycles. The smallest absolute Gasteiger partial charge is 0.338 e. The topological polar surface area (TPSA) is 87.2 Å². The largest absolute Gasteiger partial charge is 0.452 e. The molecule has 1 fully saturated rings. The predicted octanol–water partition coefficient (Wildman–Crippen LogP) is 2.66. The van der Waals surface area contributed by atoms with E-state index in [2.05, 4.69) is 0 Å². The highest BCUT2D eigenvalue weighted by Crippen LogP contribution is 2.23. The average Bonchev–Trinajstić information content (AvgIpc) is 3.33. The van der Waals surface area contributed by atoms with E-state index in [1.807, 2.05) is 43.3 Å². The summed E-state index contributed by atoms with van der Waals surface area (Å²) >= 11 is 0. The summed E-state index contributed by atoms with van der Waals surface area (Å²) in [5, 5.41) is 0. The molecule has 2 aromatic carbocycles. The number of sulfonamides is 1. The van der Waals surface area contributed by atoms with E-state index >= 15 is 0 Å². The minimum Gasteiger partial charge on any atom is -0.452 e. The van der Waals surface area contributed by atoms with Gasteiger partial charge in [-0.05, 0) is 55.2 Å². The lowest BCUT2D eigenvalue weighted by Crippen LogP contribution is -2.31. The lowest BCUT2D eigenvalue weighted by molar-refractivity contribution is -0.133. The molecule has 8 nitrogen and oxygen atoms in total. The van der Waals surface area contributed by atoms with Gasteiger partial charge in [-0.2, -0.15) is 4.31 Å². The van der Waals surface area contributed by atoms with Crippen LogP contribution in [0.5, 0.6) is 0 Å². The third kappa shape index (κ3) is 5.91.